The molecule has 2 aliphatic rings. The Morgan fingerprint density at radius 2 is 1.75 bits per heavy atom. The molecule has 0 radical (unpaired) electrons. The number of hydrogen-bond donors (Lipinski definition) is 1. The number of nitrogens with zero attached hydrogens (tertiary/aromatic N) is 6. The molecule has 2 saturated heterocycles. The molecule has 0 amide bonds. The van der Waals surface area contributed by atoms with Gasteiger partial charge in [0.1, 0.15) is 6.10 Å². The van der Waals surface area contributed by atoms with Gasteiger partial charge in [0.25, 0.3) is 6.47 Å². The molecule has 0 aliphatic carbocycles. The van der Waals surface area contributed by atoms with Gasteiger partial charge < -0.3 is 9.84 Å². The van der Waals surface area contributed by atoms with E-state index in [1.165, 1.54) is 48.2 Å². The maximum absolute atomic E-state index is 8.36. The summed E-state index contributed by atoms with van der Waals surface area (Å²) in [6.07, 6.45) is 2.58. The molecule has 0 spiro atoms. The predicted molar refractivity (Wildman–Crippen MR) is 121 cm³/mol. The minimum absolute atomic E-state index is 0.0660. The maximum Gasteiger partial charge on any atom is 0.290 e. The summed E-state index contributed by atoms with van der Waals surface area (Å²) in [4.78, 5) is 13.5. The van der Waals surface area contributed by atoms with E-state index < -0.39 is 0 Å². The van der Waals surface area contributed by atoms with Crippen molar-refractivity contribution in [3.8, 4) is 0 Å². The minimum atomic E-state index is -0.250. The molecule has 0 bridgehead atoms. The smallest absolute Gasteiger partial charge is 0.290 e. The van der Waals surface area contributed by atoms with Gasteiger partial charge >= 0.3 is 0 Å². The van der Waals surface area contributed by atoms with Gasteiger partial charge in [0.05, 0.1) is 6.61 Å². The van der Waals surface area contributed by atoms with Gasteiger partial charge in [0.2, 0.25) is 0 Å². The molecule has 9 nitrogen and oxygen atoms in total. The van der Waals surface area contributed by atoms with Crippen LogP contribution in [0.15, 0.2) is 12.1 Å². The van der Waals surface area contributed by atoms with E-state index in [0.717, 1.165) is 37.9 Å². The lowest BCUT2D eigenvalue weighted by Gasteiger charge is -2.33. The van der Waals surface area contributed by atoms with E-state index in [1.54, 1.807) is 4.68 Å². The lowest BCUT2D eigenvalue weighted by molar-refractivity contribution is -0.122. The number of tetrazole rings is 1. The Hall–Kier alpha value is -2.36. The standard InChI is InChI=1S/C22H34N6O.CH2O2/c1-16-5-7-27(8-6-16)13-19-11-17(2)12-20(18(19)3)14-28-9-10-29-21(15-28)22-23-24-25-26(22)4;2-1-3/h11-12,16,21H,5-10,13-15H2,1-4H3;1H,(H,2,3). The summed E-state index contributed by atoms with van der Waals surface area (Å²) in [5.74, 6) is 1.68. The molecule has 1 aromatic heterocycles. The number of carboxylic acid groups (broad SMARTS) is 1. The van der Waals surface area contributed by atoms with Crippen LogP contribution in [-0.4, -0.2) is 74.4 Å². The van der Waals surface area contributed by atoms with Crippen molar-refractivity contribution in [2.75, 3.05) is 32.8 Å². The largest absolute Gasteiger partial charge is 0.483 e. The summed E-state index contributed by atoms with van der Waals surface area (Å²) < 4.78 is 7.66. The number of benzene rings is 1. The number of hydrogen-bond acceptors (Lipinski definition) is 7. The Morgan fingerprint density at radius 1 is 1.12 bits per heavy atom. The van der Waals surface area contributed by atoms with Crippen LogP contribution in [0.5, 0.6) is 0 Å². The van der Waals surface area contributed by atoms with E-state index >= 15 is 0 Å². The van der Waals surface area contributed by atoms with Crippen molar-refractivity contribution in [1.29, 1.82) is 0 Å². The fourth-order valence-electron chi connectivity index (χ4n) is 4.56. The zero-order valence-corrected chi connectivity index (χ0v) is 19.7. The van der Waals surface area contributed by atoms with Crippen LogP contribution < -0.4 is 0 Å². The average molecular weight is 445 g/mol. The van der Waals surface area contributed by atoms with Crippen LogP contribution in [0.3, 0.4) is 0 Å². The van der Waals surface area contributed by atoms with Crippen molar-refractivity contribution in [3.05, 3.63) is 40.2 Å². The van der Waals surface area contributed by atoms with Crippen molar-refractivity contribution in [3.63, 3.8) is 0 Å². The number of piperidine rings is 1. The molecular weight excluding hydrogens is 408 g/mol. The van der Waals surface area contributed by atoms with Gasteiger partial charge in [-0.05, 0) is 72.8 Å². The van der Waals surface area contributed by atoms with Crippen LogP contribution in [0.2, 0.25) is 0 Å². The SMILES string of the molecule is Cc1cc(CN2CCC(C)CC2)c(C)c(CN2CCOC(c3nnnn3C)C2)c1.O=CO. The first-order valence-electron chi connectivity index (χ1n) is 11.4. The number of rotatable bonds is 5. The van der Waals surface area contributed by atoms with E-state index in [2.05, 4.69) is 58.2 Å². The van der Waals surface area contributed by atoms with Crippen molar-refractivity contribution < 1.29 is 14.6 Å². The van der Waals surface area contributed by atoms with Gasteiger partial charge in [-0.2, -0.15) is 0 Å². The molecule has 32 heavy (non-hydrogen) atoms. The first-order valence-corrected chi connectivity index (χ1v) is 11.4. The topological polar surface area (TPSA) is 96.6 Å². The van der Waals surface area contributed by atoms with Gasteiger partial charge in [-0.1, -0.05) is 24.6 Å². The van der Waals surface area contributed by atoms with Crippen molar-refractivity contribution >= 4 is 6.47 Å². The lowest BCUT2D eigenvalue weighted by atomic mass is 9.95. The molecule has 176 valence electrons. The number of likely N-dealkylation sites (tertiary alicyclic amines) is 1. The quantitative estimate of drug-likeness (QED) is 0.702. The minimum Gasteiger partial charge on any atom is -0.483 e. The summed E-state index contributed by atoms with van der Waals surface area (Å²) in [5, 5.41) is 18.7. The van der Waals surface area contributed by atoms with E-state index in [-0.39, 0.29) is 12.6 Å². The fraction of sp³-hybridized carbons (Fsp3) is 0.652. The Balaban J connectivity index is 0.000000913. The first kappa shape index (κ1) is 24.3. The molecule has 9 heteroatoms. The Morgan fingerprint density at radius 3 is 2.34 bits per heavy atom. The zero-order valence-electron chi connectivity index (χ0n) is 19.7. The van der Waals surface area contributed by atoms with Gasteiger partial charge in [-0.3, -0.25) is 14.6 Å². The average Bonchev–Trinajstić information content (AvgIpc) is 3.20. The maximum atomic E-state index is 8.36. The summed E-state index contributed by atoms with van der Waals surface area (Å²) >= 11 is 0. The lowest BCUT2D eigenvalue weighted by Crippen LogP contribution is -2.39. The van der Waals surface area contributed by atoms with Gasteiger partial charge in [0, 0.05) is 33.2 Å². The van der Waals surface area contributed by atoms with E-state index in [4.69, 9.17) is 14.6 Å². The molecule has 0 saturated carbocycles. The summed E-state index contributed by atoms with van der Waals surface area (Å²) in [6.45, 7) is 13.6. The van der Waals surface area contributed by atoms with E-state index in [9.17, 15) is 0 Å². The van der Waals surface area contributed by atoms with Crippen LogP contribution in [-0.2, 0) is 29.7 Å². The molecule has 2 fully saturated rings. The predicted octanol–water partition coefficient (Wildman–Crippen LogP) is 2.33. The molecule has 4 rings (SSSR count). The summed E-state index contributed by atoms with van der Waals surface area (Å²) in [6, 6.07) is 4.73. The third-order valence-electron chi connectivity index (χ3n) is 6.52. The highest BCUT2D eigenvalue weighted by Crippen LogP contribution is 2.25. The summed E-state index contributed by atoms with van der Waals surface area (Å²) in [5.41, 5.74) is 5.71. The third kappa shape index (κ3) is 6.34. The molecule has 3 heterocycles. The Bertz CT molecular complexity index is 879. The number of ether oxygens (including phenoxy) is 1. The van der Waals surface area contributed by atoms with Crippen LogP contribution in [0, 0.1) is 19.8 Å². The normalized spacial score (nSPS) is 20.6. The van der Waals surface area contributed by atoms with Crippen LogP contribution in [0.1, 0.15) is 53.9 Å². The molecule has 1 aromatic carbocycles. The molecule has 1 N–H and O–H groups in total. The second-order valence-corrected chi connectivity index (χ2v) is 9.03. The number of aromatic nitrogens is 4. The highest BCUT2D eigenvalue weighted by molar-refractivity contribution is 5.38. The molecular formula is C23H36N6O3. The Labute approximate surface area is 190 Å². The van der Waals surface area contributed by atoms with Gasteiger partial charge in [-0.25, -0.2) is 4.68 Å². The molecule has 2 aliphatic heterocycles. The first-order chi connectivity index (χ1) is 15.4. The van der Waals surface area contributed by atoms with Crippen LogP contribution >= 0.6 is 0 Å². The third-order valence-corrected chi connectivity index (χ3v) is 6.52. The van der Waals surface area contributed by atoms with Crippen LogP contribution in [0.4, 0.5) is 0 Å². The highest BCUT2D eigenvalue weighted by atomic mass is 16.5. The fourth-order valence-corrected chi connectivity index (χ4v) is 4.56. The second kappa shape index (κ2) is 11.5. The Kier molecular flexibility index (Phi) is 8.72. The molecule has 1 unspecified atom stereocenters. The molecule has 2 aromatic rings. The zero-order chi connectivity index (χ0) is 23.1. The number of morpholine rings is 1. The van der Waals surface area contributed by atoms with E-state index in [1.807, 2.05) is 7.05 Å². The van der Waals surface area contributed by atoms with Gasteiger partial charge in [-0.15, -0.1) is 5.10 Å². The highest BCUT2D eigenvalue weighted by Gasteiger charge is 2.26. The van der Waals surface area contributed by atoms with E-state index in [0.29, 0.717) is 6.61 Å². The summed E-state index contributed by atoms with van der Waals surface area (Å²) in [7, 11) is 1.87. The monoisotopic (exact) mass is 444 g/mol. The molecule has 1 atom stereocenters. The van der Waals surface area contributed by atoms with Crippen LogP contribution in [0.25, 0.3) is 0 Å². The number of carbonyl (C=O) groups is 1. The van der Waals surface area contributed by atoms with Crippen molar-refractivity contribution in [1.82, 2.24) is 30.0 Å². The van der Waals surface area contributed by atoms with Crippen molar-refractivity contribution in [2.45, 2.75) is 52.8 Å². The van der Waals surface area contributed by atoms with Gasteiger partial charge in [0.15, 0.2) is 5.82 Å². The number of aryl methyl sites for hydroxylation is 2. The van der Waals surface area contributed by atoms with Crippen molar-refractivity contribution in [2.24, 2.45) is 13.0 Å². The second-order valence-electron chi connectivity index (χ2n) is 9.03.